The lowest BCUT2D eigenvalue weighted by Crippen LogP contribution is -2.39. The lowest BCUT2D eigenvalue weighted by atomic mass is 9.93. The van der Waals surface area contributed by atoms with E-state index in [9.17, 15) is 35.9 Å². The largest absolute Gasteiger partial charge is 0.405 e. The zero-order valence-electron chi connectivity index (χ0n) is 19.2. The fourth-order valence-electron chi connectivity index (χ4n) is 3.82. The maximum atomic E-state index is 13.8. The number of aryl methyl sites for hydroxylation is 1. The molecule has 1 aliphatic carbocycles. The number of amides is 1. The van der Waals surface area contributed by atoms with Crippen molar-refractivity contribution in [3.63, 3.8) is 0 Å². The van der Waals surface area contributed by atoms with Crippen LogP contribution in [0.2, 0.25) is 10.0 Å². The van der Waals surface area contributed by atoms with Crippen molar-refractivity contribution >= 4 is 56.9 Å². The molecule has 200 valence electrons. The van der Waals surface area contributed by atoms with Gasteiger partial charge in [-0.05, 0) is 54.7 Å². The van der Waals surface area contributed by atoms with E-state index in [1.54, 1.807) is 6.92 Å². The van der Waals surface area contributed by atoms with Crippen molar-refractivity contribution in [1.82, 2.24) is 5.32 Å². The summed E-state index contributed by atoms with van der Waals surface area (Å²) in [6.07, 6.45) is -6.67. The molecule has 0 saturated heterocycles. The molecule has 1 fully saturated rings. The molecule has 3 nitrogen and oxygen atoms in total. The maximum Gasteiger partial charge on any atom is 0.405 e. The number of rotatable bonds is 8. The first-order valence-corrected chi connectivity index (χ1v) is 12.5. The molecule has 0 radical (unpaired) electrons. The van der Waals surface area contributed by atoms with Crippen LogP contribution in [0.5, 0.6) is 0 Å². The van der Waals surface area contributed by atoms with Crippen molar-refractivity contribution < 1.29 is 35.9 Å². The first-order chi connectivity index (χ1) is 17.0. The highest BCUT2D eigenvalue weighted by Gasteiger charge is 2.51. The summed E-state index contributed by atoms with van der Waals surface area (Å²) in [4.78, 5) is 25.0. The summed E-state index contributed by atoms with van der Waals surface area (Å²) in [5.74, 6) is -3.27. The van der Waals surface area contributed by atoms with Gasteiger partial charge in [-0.15, -0.1) is 0 Å². The van der Waals surface area contributed by atoms with Crippen molar-refractivity contribution in [2.24, 2.45) is 5.41 Å². The summed E-state index contributed by atoms with van der Waals surface area (Å²) in [5.41, 5.74) is -0.339. The summed E-state index contributed by atoms with van der Waals surface area (Å²) in [6.45, 7) is 0.0701. The summed E-state index contributed by atoms with van der Waals surface area (Å²) >= 11 is 15.2. The van der Waals surface area contributed by atoms with Crippen LogP contribution < -0.4 is 5.32 Å². The summed E-state index contributed by atoms with van der Waals surface area (Å²) in [6, 6.07) is 6.75. The zero-order chi connectivity index (χ0) is 27.8. The Balaban J connectivity index is 1.76. The molecule has 1 amide bonds. The maximum absolute atomic E-state index is 13.8. The highest BCUT2D eigenvalue weighted by Crippen LogP contribution is 2.50. The van der Waals surface area contributed by atoms with Gasteiger partial charge in [0.2, 0.25) is 5.91 Å². The highest BCUT2D eigenvalue weighted by atomic mass is 79.9. The predicted molar refractivity (Wildman–Crippen MR) is 133 cm³/mol. The average Bonchev–Trinajstić information content (AvgIpc) is 3.55. The lowest BCUT2D eigenvalue weighted by molar-refractivity contribution is -0.141. The molecule has 0 aromatic heterocycles. The van der Waals surface area contributed by atoms with E-state index in [1.807, 2.05) is 5.32 Å². The third-order valence-corrected chi connectivity index (χ3v) is 7.56. The van der Waals surface area contributed by atoms with Crippen molar-refractivity contribution in [2.75, 3.05) is 6.54 Å². The van der Waals surface area contributed by atoms with E-state index < -0.39 is 41.9 Å². The molecule has 0 heterocycles. The number of allylic oxidation sites excluding steroid dienone is 1. The molecule has 3 rings (SSSR count). The fourth-order valence-corrected chi connectivity index (χ4v) is 4.82. The van der Waals surface area contributed by atoms with E-state index in [4.69, 9.17) is 23.2 Å². The predicted octanol–water partition coefficient (Wildman–Crippen LogP) is 8.46. The third kappa shape index (κ3) is 7.51. The normalized spacial score (nSPS) is 16.1. The number of carbonyl (C=O) groups is 2. The Morgan fingerprint density at radius 1 is 1.11 bits per heavy atom. The van der Waals surface area contributed by atoms with E-state index in [0.29, 0.717) is 11.1 Å². The number of alkyl halides is 6. The van der Waals surface area contributed by atoms with E-state index in [1.165, 1.54) is 30.3 Å². The number of benzene rings is 2. The van der Waals surface area contributed by atoms with Gasteiger partial charge in [0.25, 0.3) is 0 Å². The number of hydrogen-bond donors (Lipinski definition) is 1. The summed E-state index contributed by atoms with van der Waals surface area (Å²) in [5, 5.41) is 2.00. The molecule has 1 N–H and O–H groups in total. The number of hydrogen-bond acceptors (Lipinski definition) is 2. The Labute approximate surface area is 227 Å². The smallest absolute Gasteiger partial charge is 0.346 e. The van der Waals surface area contributed by atoms with Gasteiger partial charge in [0.15, 0.2) is 5.78 Å². The minimum atomic E-state index is -4.61. The van der Waals surface area contributed by atoms with Gasteiger partial charge < -0.3 is 5.32 Å². The minimum Gasteiger partial charge on any atom is -0.346 e. The van der Waals surface area contributed by atoms with E-state index >= 15 is 0 Å². The van der Waals surface area contributed by atoms with Crippen molar-refractivity contribution in [3.05, 3.63) is 73.2 Å². The van der Waals surface area contributed by atoms with Crippen molar-refractivity contribution in [1.29, 1.82) is 0 Å². The lowest BCUT2D eigenvalue weighted by Gasteiger charge is -2.19. The van der Waals surface area contributed by atoms with Gasteiger partial charge in [0, 0.05) is 16.5 Å². The van der Waals surface area contributed by atoms with Crippen LogP contribution in [0.15, 0.2) is 40.9 Å². The van der Waals surface area contributed by atoms with Crippen LogP contribution in [-0.2, 0) is 4.79 Å². The SMILES string of the molecule is Cc1cc(C(/C=C/c2ccc(C(=O)CC3(C(=O)NCC(F)(F)F)CC3)c(Br)c2)C(F)(F)F)cc(Cl)c1Cl. The molecule has 2 aromatic rings. The second-order valence-electron chi connectivity index (χ2n) is 8.93. The third-order valence-electron chi connectivity index (χ3n) is 6.00. The average molecular weight is 631 g/mol. The first kappa shape index (κ1) is 29.5. The summed E-state index contributed by atoms with van der Waals surface area (Å²) < 4.78 is 78.9. The molecule has 0 bridgehead atoms. The Bertz CT molecular complexity index is 1220. The first-order valence-electron chi connectivity index (χ1n) is 10.9. The Morgan fingerprint density at radius 3 is 2.27 bits per heavy atom. The van der Waals surface area contributed by atoms with Gasteiger partial charge in [-0.1, -0.05) is 63.4 Å². The molecule has 2 aromatic carbocycles. The van der Waals surface area contributed by atoms with Gasteiger partial charge in [0.05, 0.1) is 21.4 Å². The topological polar surface area (TPSA) is 46.2 Å². The molecule has 1 aliphatic rings. The van der Waals surface area contributed by atoms with Gasteiger partial charge in [-0.3, -0.25) is 9.59 Å². The standard InChI is InChI=1S/C25H20BrCl2F6NO2/c1-13-8-15(10-19(27)21(13)28)17(25(32,33)34)5-3-14-2-4-16(18(26)9-14)20(36)11-23(6-7-23)22(37)35-12-24(29,30)31/h2-5,8-10,17H,6-7,11-12H2,1H3,(H,35,37)/b5-3+. The zero-order valence-corrected chi connectivity index (χ0v) is 22.3. The highest BCUT2D eigenvalue weighted by molar-refractivity contribution is 9.10. The minimum absolute atomic E-state index is 0.00504. The van der Waals surface area contributed by atoms with Crippen molar-refractivity contribution in [3.8, 4) is 0 Å². The molecule has 0 spiro atoms. The molecule has 37 heavy (non-hydrogen) atoms. The number of carbonyl (C=O) groups excluding carboxylic acids is 2. The number of halogens is 9. The van der Waals surface area contributed by atoms with Crippen LogP contribution in [0.25, 0.3) is 6.08 Å². The molecular weight excluding hydrogens is 611 g/mol. The van der Waals surface area contributed by atoms with Crippen molar-refractivity contribution in [2.45, 2.75) is 44.5 Å². The van der Waals surface area contributed by atoms with Gasteiger partial charge in [-0.2, -0.15) is 26.3 Å². The molecule has 12 heteroatoms. The Kier molecular flexibility index (Phi) is 8.76. The second-order valence-corrected chi connectivity index (χ2v) is 10.6. The van der Waals surface area contributed by atoms with Crippen LogP contribution in [0.1, 0.15) is 52.2 Å². The van der Waals surface area contributed by atoms with Crippen LogP contribution in [0.3, 0.4) is 0 Å². The number of Topliss-reactive ketones (excluding diaryl/α,β-unsaturated/α-hetero) is 1. The van der Waals surface area contributed by atoms with Crippen LogP contribution in [-0.4, -0.2) is 30.6 Å². The number of ketones is 1. The van der Waals surface area contributed by atoms with E-state index in [-0.39, 0.29) is 44.9 Å². The molecule has 0 aliphatic heterocycles. The van der Waals surface area contributed by atoms with Crippen LogP contribution in [0.4, 0.5) is 26.3 Å². The molecule has 1 saturated carbocycles. The Morgan fingerprint density at radius 2 is 1.76 bits per heavy atom. The van der Waals surface area contributed by atoms with Gasteiger partial charge in [0.1, 0.15) is 6.54 Å². The molecule has 1 atom stereocenters. The Hall–Kier alpha value is -2.04. The van der Waals surface area contributed by atoms with Crippen LogP contribution >= 0.6 is 39.1 Å². The second kappa shape index (κ2) is 11.0. The van der Waals surface area contributed by atoms with Gasteiger partial charge in [-0.25, -0.2) is 0 Å². The molecule has 1 unspecified atom stereocenters. The monoisotopic (exact) mass is 629 g/mol. The van der Waals surface area contributed by atoms with E-state index in [2.05, 4.69) is 15.9 Å². The van der Waals surface area contributed by atoms with Crippen LogP contribution in [0, 0.1) is 12.3 Å². The fraction of sp³-hybridized carbons (Fsp3) is 0.360. The number of nitrogens with one attached hydrogen (secondary N) is 1. The van der Waals surface area contributed by atoms with E-state index in [0.717, 1.165) is 12.1 Å². The van der Waals surface area contributed by atoms with Gasteiger partial charge >= 0.3 is 12.4 Å². The molecular formula is C25H20BrCl2F6NO2. The summed E-state index contributed by atoms with van der Waals surface area (Å²) in [7, 11) is 0. The quantitative estimate of drug-likeness (QED) is 0.235.